The number of anilines is 2. The van der Waals surface area contributed by atoms with Crippen LogP contribution in [0.3, 0.4) is 0 Å². The Bertz CT molecular complexity index is 1970. The number of benzene rings is 3. The highest BCUT2D eigenvalue weighted by atomic mass is 16.5. The smallest absolute Gasteiger partial charge is 0.177 e. The number of allylic oxidation sites excluding steroid dienone is 4. The standard InChI is InChI=1S/C38H30N2O2/c1-38-20-7-6-15-34(38)40(31-13-4-3-12-30(31)38)35-24(22-39)9-8-11-25(35)23-16-19-33-29(21-23)28-18-17-27-26-10-2-5-14-32(26)41-36(27)37(28)42-33/h3-9,11-20,23,29,33-34H,2,10,21H2,1H3. The second-order valence-corrected chi connectivity index (χ2v) is 12.4. The van der Waals surface area contributed by atoms with Gasteiger partial charge in [-0.25, -0.2) is 0 Å². The van der Waals surface area contributed by atoms with Crippen LogP contribution in [-0.4, -0.2) is 12.1 Å². The van der Waals surface area contributed by atoms with Gasteiger partial charge in [0, 0.05) is 39.5 Å². The quantitative estimate of drug-likeness (QED) is 0.236. The Balaban J connectivity index is 1.15. The normalized spacial score (nSPS) is 27.7. The number of para-hydroxylation sites is 2. The molecule has 0 amide bonds. The number of hydrogen-bond donors (Lipinski definition) is 0. The van der Waals surface area contributed by atoms with E-state index in [1.807, 2.05) is 12.1 Å². The monoisotopic (exact) mass is 546 g/mol. The maximum Gasteiger partial charge on any atom is 0.177 e. The second-order valence-electron chi connectivity index (χ2n) is 12.4. The van der Waals surface area contributed by atoms with Gasteiger partial charge in [0.1, 0.15) is 17.9 Å². The van der Waals surface area contributed by atoms with E-state index in [9.17, 15) is 5.26 Å². The minimum absolute atomic E-state index is 0.00987. The Morgan fingerprint density at radius 1 is 0.976 bits per heavy atom. The largest absolute Gasteiger partial charge is 0.481 e. The van der Waals surface area contributed by atoms with E-state index >= 15 is 0 Å². The second kappa shape index (κ2) is 8.63. The third-order valence-electron chi connectivity index (χ3n) is 10.2. The van der Waals surface area contributed by atoms with E-state index in [4.69, 9.17) is 9.15 Å². The fourth-order valence-corrected chi connectivity index (χ4v) is 8.20. The zero-order chi connectivity index (χ0) is 28.0. The molecule has 0 radical (unpaired) electrons. The Morgan fingerprint density at radius 3 is 2.83 bits per heavy atom. The number of hydrogen-bond acceptors (Lipinski definition) is 4. The van der Waals surface area contributed by atoms with E-state index in [-0.39, 0.29) is 29.4 Å². The van der Waals surface area contributed by atoms with Crippen molar-refractivity contribution in [2.75, 3.05) is 4.90 Å². The van der Waals surface area contributed by atoms with Gasteiger partial charge in [0.2, 0.25) is 0 Å². The molecule has 2 aliphatic heterocycles. The average molecular weight is 547 g/mol. The van der Waals surface area contributed by atoms with Gasteiger partial charge in [-0.2, -0.15) is 5.26 Å². The van der Waals surface area contributed by atoms with Crippen molar-refractivity contribution in [2.24, 2.45) is 0 Å². The predicted molar refractivity (Wildman–Crippen MR) is 166 cm³/mol. The molecule has 0 fully saturated rings. The first-order valence-electron chi connectivity index (χ1n) is 15.0. The number of nitrogens with zero attached hydrogens (tertiary/aromatic N) is 2. The van der Waals surface area contributed by atoms with Gasteiger partial charge in [0.15, 0.2) is 11.3 Å². The molecule has 1 aromatic heterocycles. The maximum absolute atomic E-state index is 10.4. The van der Waals surface area contributed by atoms with Gasteiger partial charge in [0.25, 0.3) is 0 Å². The van der Waals surface area contributed by atoms with Crippen LogP contribution in [0, 0.1) is 11.3 Å². The van der Waals surface area contributed by atoms with Crippen molar-refractivity contribution in [3.05, 3.63) is 131 Å². The summed E-state index contributed by atoms with van der Waals surface area (Å²) in [5.41, 5.74) is 8.65. The molecule has 4 heteroatoms. The average Bonchev–Trinajstić information content (AvgIpc) is 3.68. The van der Waals surface area contributed by atoms with Crippen LogP contribution in [-0.2, 0) is 11.8 Å². The van der Waals surface area contributed by atoms with Gasteiger partial charge >= 0.3 is 0 Å². The fourth-order valence-electron chi connectivity index (χ4n) is 8.20. The molecule has 5 atom stereocenters. The molecule has 204 valence electrons. The van der Waals surface area contributed by atoms with Crippen molar-refractivity contribution in [3.63, 3.8) is 0 Å². The van der Waals surface area contributed by atoms with Gasteiger partial charge < -0.3 is 14.1 Å². The minimum Gasteiger partial charge on any atom is -0.481 e. The van der Waals surface area contributed by atoms with E-state index in [0.29, 0.717) is 5.56 Å². The van der Waals surface area contributed by atoms with E-state index < -0.39 is 0 Å². The Labute approximate surface area is 245 Å². The zero-order valence-corrected chi connectivity index (χ0v) is 23.5. The summed E-state index contributed by atoms with van der Waals surface area (Å²) in [6.07, 6.45) is 20.7. The number of fused-ring (bicyclic) bond motifs is 10. The number of ether oxygens (including phenoxy) is 1. The highest BCUT2D eigenvalue weighted by molar-refractivity contribution is 5.91. The molecule has 9 rings (SSSR count). The highest BCUT2D eigenvalue weighted by Gasteiger charge is 2.48. The van der Waals surface area contributed by atoms with Crippen LogP contribution in [0.4, 0.5) is 11.4 Å². The number of rotatable bonds is 2. The number of nitriles is 1. The number of furan rings is 1. The Morgan fingerprint density at radius 2 is 1.90 bits per heavy atom. The first-order chi connectivity index (χ1) is 20.7. The molecule has 0 spiro atoms. The van der Waals surface area contributed by atoms with Crippen molar-refractivity contribution in [3.8, 4) is 11.8 Å². The number of aryl methyl sites for hydroxylation is 1. The Hall–Kier alpha value is -4.75. The summed E-state index contributed by atoms with van der Waals surface area (Å²) < 4.78 is 13.0. The zero-order valence-electron chi connectivity index (χ0n) is 23.5. The van der Waals surface area contributed by atoms with E-state index in [2.05, 4.69) is 109 Å². The van der Waals surface area contributed by atoms with E-state index in [0.717, 1.165) is 42.0 Å². The molecule has 0 N–H and O–H groups in total. The molecular weight excluding hydrogens is 516 g/mol. The van der Waals surface area contributed by atoms with Gasteiger partial charge in [-0.3, -0.25) is 0 Å². The lowest BCUT2D eigenvalue weighted by atomic mass is 9.75. The maximum atomic E-state index is 10.4. The summed E-state index contributed by atoms with van der Waals surface area (Å²) in [6.45, 7) is 2.31. The minimum atomic E-state index is -0.167. The van der Waals surface area contributed by atoms with Crippen molar-refractivity contribution in [1.82, 2.24) is 0 Å². The van der Waals surface area contributed by atoms with Crippen LogP contribution in [0.2, 0.25) is 0 Å². The third-order valence-corrected chi connectivity index (χ3v) is 10.2. The molecule has 3 aliphatic carbocycles. The van der Waals surface area contributed by atoms with Crippen LogP contribution < -0.4 is 9.64 Å². The van der Waals surface area contributed by atoms with Crippen molar-refractivity contribution < 1.29 is 9.15 Å². The summed E-state index contributed by atoms with van der Waals surface area (Å²) in [6, 6.07) is 22.0. The van der Waals surface area contributed by atoms with Gasteiger partial charge in [-0.1, -0.05) is 78.9 Å². The van der Waals surface area contributed by atoms with Crippen LogP contribution in [0.25, 0.3) is 17.0 Å². The molecule has 3 heterocycles. The van der Waals surface area contributed by atoms with Crippen LogP contribution >= 0.6 is 0 Å². The lowest BCUT2D eigenvalue weighted by molar-refractivity contribution is 0.239. The van der Waals surface area contributed by atoms with Crippen LogP contribution in [0.1, 0.15) is 65.2 Å². The Kier molecular flexibility index (Phi) is 4.91. The fraction of sp³-hybridized carbons (Fsp3) is 0.237. The summed E-state index contributed by atoms with van der Waals surface area (Å²) in [7, 11) is 0. The molecule has 5 aliphatic rings. The SMILES string of the molecule is CC12C=CC=CC1N(c1c(C#N)cccc1C1C=CC3Oc4c(ccc5c6c(oc45)C=CCC6)C3C1)c1ccccc12. The van der Waals surface area contributed by atoms with Crippen molar-refractivity contribution in [2.45, 2.75) is 55.6 Å². The lowest BCUT2D eigenvalue weighted by Gasteiger charge is -2.37. The molecular formula is C38H30N2O2. The first kappa shape index (κ1) is 23.9. The molecule has 0 bridgehead atoms. The molecule has 0 saturated heterocycles. The summed E-state index contributed by atoms with van der Waals surface area (Å²) in [5.74, 6) is 2.25. The molecule has 4 nitrogen and oxygen atoms in total. The highest BCUT2D eigenvalue weighted by Crippen LogP contribution is 2.56. The van der Waals surface area contributed by atoms with Crippen LogP contribution in [0.5, 0.6) is 5.75 Å². The molecule has 42 heavy (non-hydrogen) atoms. The van der Waals surface area contributed by atoms with E-state index in [1.165, 1.54) is 33.3 Å². The van der Waals surface area contributed by atoms with Crippen molar-refractivity contribution in [1.29, 1.82) is 5.26 Å². The molecule has 5 unspecified atom stereocenters. The molecule has 0 saturated carbocycles. The molecule has 4 aromatic rings. The lowest BCUT2D eigenvalue weighted by Crippen LogP contribution is -2.40. The predicted octanol–water partition coefficient (Wildman–Crippen LogP) is 8.76. The summed E-state index contributed by atoms with van der Waals surface area (Å²) >= 11 is 0. The van der Waals surface area contributed by atoms with E-state index in [1.54, 1.807) is 0 Å². The van der Waals surface area contributed by atoms with Gasteiger partial charge in [-0.15, -0.1) is 0 Å². The topological polar surface area (TPSA) is 49.4 Å². The van der Waals surface area contributed by atoms with Gasteiger partial charge in [-0.05, 0) is 61.6 Å². The van der Waals surface area contributed by atoms with Gasteiger partial charge in [0.05, 0.1) is 17.3 Å². The third kappa shape index (κ3) is 3.11. The summed E-state index contributed by atoms with van der Waals surface area (Å²) in [4.78, 5) is 2.42. The molecule has 3 aromatic carbocycles. The van der Waals surface area contributed by atoms with Crippen molar-refractivity contribution >= 4 is 28.4 Å². The first-order valence-corrected chi connectivity index (χ1v) is 15.0. The van der Waals surface area contributed by atoms with Crippen LogP contribution in [0.15, 0.2) is 102 Å². The summed E-state index contributed by atoms with van der Waals surface area (Å²) in [5, 5.41) is 11.6.